The largest absolute Gasteiger partial charge is 0.312 e. The Morgan fingerprint density at radius 3 is 1.12 bits per heavy atom. The molecule has 8 aromatic rings. The minimum atomic E-state index is 0.147. The van der Waals surface area contributed by atoms with Crippen LogP contribution in [0.2, 0.25) is 0 Å². The summed E-state index contributed by atoms with van der Waals surface area (Å²) in [5.41, 5.74) is 24.0. The van der Waals surface area contributed by atoms with Crippen molar-refractivity contribution in [2.45, 2.75) is 0 Å². The molecule has 5 heteroatoms. The third-order valence-corrected chi connectivity index (χ3v) is 12.8. The maximum Gasteiger partial charge on any atom is 0.252 e. The molecule has 0 aliphatic carbocycles. The normalized spacial score (nSPS) is 15.1. The maximum atomic E-state index is 2.66. The lowest BCUT2D eigenvalue weighted by Crippen LogP contribution is -2.73. The van der Waals surface area contributed by atoms with E-state index in [9.17, 15) is 0 Å². The first-order valence-electron chi connectivity index (χ1n) is 17.6. The molecule has 0 aromatic heterocycles. The van der Waals surface area contributed by atoms with Crippen LogP contribution in [-0.2, 0) is 0 Å². The first-order chi connectivity index (χ1) is 24.4. The van der Waals surface area contributed by atoms with Gasteiger partial charge >= 0.3 is 0 Å². The van der Waals surface area contributed by atoms with Crippen molar-refractivity contribution in [3.05, 3.63) is 140 Å². The summed E-state index contributed by atoms with van der Waals surface area (Å²) in [6.07, 6.45) is 0. The Labute approximate surface area is 284 Å². The van der Waals surface area contributed by atoms with Crippen molar-refractivity contribution >= 4 is 125 Å². The highest BCUT2D eigenvalue weighted by Gasteiger charge is 2.55. The molecule has 6 aliphatic heterocycles. The predicted octanol–water partition coefficient (Wildman–Crippen LogP) is 4.03. The van der Waals surface area contributed by atoms with E-state index in [-0.39, 0.29) is 20.1 Å². The molecule has 0 atom stereocenters. The van der Waals surface area contributed by atoms with Gasteiger partial charge in [-0.1, -0.05) is 120 Å². The molecule has 2 nitrogen and oxygen atoms in total. The van der Waals surface area contributed by atoms with Crippen molar-refractivity contribution < 1.29 is 0 Å². The van der Waals surface area contributed by atoms with Crippen molar-refractivity contribution in [2.75, 3.05) is 9.80 Å². The molecule has 0 spiro atoms. The number of nitrogens with zero attached hydrogens (tertiary/aromatic N) is 2. The van der Waals surface area contributed by atoms with Crippen LogP contribution in [0.25, 0.3) is 32.7 Å². The molecule has 0 amide bonds. The van der Waals surface area contributed by atoms with Gasteiger partial charge in [-0.3, -0.25) is 0 Å². The summed E-state index contributed by atoms with van der Waals surface area (Å²) in [6.45, 7) is 0.466. The molecule has 8 aromatic carbocycles. The molecule has 0 saturated heterocycles. The number of hydrogen-bond acceptors (Lipinski definition) is 2. The number of fused-ring (bicyclic) bond motifs is 14. The number of para-hydroxylation sites is 4. The number of rotatable bonds is 0. The number of benzene rings is 8. The van der Waals surface area contributed by atoms with Gasteiger partial charge in [0, 0.05) is 34.1 Å². The molecule has 6 heterocycles. The fourth-order valence-corrected chi connectivity index (χ4v) is 11.3. The van der Waals surface area contributed by atoms with Crippen LogP contribution in [0.5, 0.6) is 0 Å². The Hall–Kier alpha value is -5.93. The van der Waals surface area contributed by atoms with Crippen molar-refractivity contribution in [1.29, 1.82) is 0 Å². The number of anilines is 6. The molecule has 0 saturated carbocycles. The number of hydrogen-bond donors (Lipinski definition) is 0. The van der Waals surface area contributed by atoms with Crippen molar-refractivity contribution in [1.82, 2.24) is 0 Å². The molecule has 0 N–H and O–H groups in total. The highest BCUT2D eigenvalue weighted by Crippen LogP contribution is 2.50. The highest BCUT2D eigenvalue weighted by atomic mass is 15.2. The van der Waals surface area contributed by atoms with E-state index in [1.54, 1.807) is 0 Å². The third kappa shape index (κ3) is 2.45. The van der Waals surface area contributed by atoms with Crippen molar-refractivity contribution in [3.63, 3.8) is 0 Å². The van der Waals surface area contributed by atoms with E-state index in [2.05, 4.69) is 149 Å². The standard InChI is InChI=1S/C44H23B3N2/c1-5-19-32-26(13-1)45-27-14-2-6-20-33(27)49-35-22-8-4-16-29(35)47-31-18-10-12-25-23-24-11-9-17-30-36(24)38(37(25)31)39-40-43(42(45)44(49)41(39)47)48(32)34-21-7-3-15-28(34)46(30)40/h1-23H. The first kappa shape index (κ1) is 24.3. The van der Waals surface area contributed by atoms with E-state index in [0.29, 0.717) is 0 Å². The Balaban J connectivity index is 1.32. The van der Waals surface area contributed by atoms with Crippen LogP contribution >= 0.6 is 0 Å². The fourth-order valence-electron chi connectivity index (χ4n) is 11.3. The topological polar surface area (TPSA) is 6.48 Å². The molecule has 0 radical (unpaired) electrons. The molecule has 0 unspecified atom stereocenters. The van der Waals surface area contributed by atoms with Crippen LogP contribution in [0, 0.1) is 0 Å². The summed E-state index contributed by atoms with van der Waals surface area (Å²) in [5, 5.41) is 5.58. The molecule has 14 rings (SSSR count). The van der Waals surface area contributed by atoms with E-state index < -0.39 is 0 Å². The van der Waals surface area contributed by atoms with Crippen molar-refractivity contribution in [2.24, 2.45) is 0 Å². The lowest BCUT2D eigenvalue weighted by atomic mass is 9.23. The van der Waals surface area contributed by atoms with Gasteiger partial charge < -0.3 is 9.80 Å². The Morgan fingerprint density at radius 2 is 0.694 bits per heavy atom. The molecule has 49 heavy (non-hydrogen) atoms. The monoisotopic (exact) mass is 612 g/mol. The van der Waals surface area contributed by atoms with Gasteiger partial charge in [-0.05, 0) is 101 Å². The van der Waals surface area contributed by atoms with E-state index in [0.717, 1.165) is 0 Å². The Bertz CT molecular complexity index is 2760. The average Bonchev–Trinajstić information content (AvgIpc) is 3.16. The minimum absolute atomic E-state index is 0.147. The lowest BCUT2D eigenvalue weighted by molar-refractivity contribution is 1.26. The molecular formula is C44H23B3N2. The summed E-state index contributed by atoms with van der Waals surface area (Å²) in [4.78, 5) is 5.32. The quantitative estimate of drug-likeness (QED) is 0.189. The Kier molecular flexibility index (Phi) is 3.89. The predicted molar refractivity (Wildman–Crippen MR) is 210 cm³/mol. The van der Waals surface area contributed by atoms with Gasteiger partial charge in [-0.2, -0.15) is 0 Å². The van der Waals surface area contributed by atoms with E-state index in [1.165, 1.54) is 116 Å². The molecule has 6 aliphatic rings. The van der Waals surface area contributed by atoms with Gasteiger partial charge in [0.1, 0.15) is 0 Å². The summed E-state index contributed by atoms with van der Waals surface area (Å²) in [6, 6.07) is 53.6. The van der Waals surface area contributed by atoms with Gasteiger partial charge in [-0.25, -0.2) is 0 Å². The summed E-state index contributed by atoms with van der Waals surface area (Å²) < 4.78 is 0. The maximum absolute atomic E-state index is 2.66. The van der Waals surface area contributed by atoms with Crippen LogP contribution in [0.15, 0.2) is 140 Å². The van der Waals surface area contributed by atoms with Crippen LogP contribution < -0.4 is 59.0 Å². The highest BCUT2D eigenvalue weighted by molar-refractivity contribution is 7.09. The van der Waals surface area contributed by atoms with Crippen LogP contribution in [0.3, 0.4) is 0 Å². The van der Waals surface area contributed by atoms with E-state index in [4.69, 9.17) is 0 Å². The second-order valence-corrected chi connectivity index (χ2v) is 14.7. The van der Waals surface area contributed by atoms with Crippen LogP contribution in [-0.4, -0.2) is 20.1 Å². The fraction of sp³-hybridized carbons (Fsp3) is 0. The van der Waals surface area contributed by atoms with Gasteiger partial charge in [0.25, 0.3) is 6.71 Å². The summed E-state index contributed by atoms with van der Waals surface area (Å²) in [5.74, 6) is 0. The van der Waals surface area contributed by atoms with Gasteiger partial charge in [0.15, 0.2) is 0 Å². The van der Waals surface area contributed by atoms with Gasteiger partial charge in [0.05, 0.1) is 0 Å². The molecule has 218 valence electrons. The smallest absolute Gasteiger partial charge is 0.252 e. The van der Waals surface area contributed by atoms with Crippen LogP contribution in [0.4, 0.5) is 34.1 Å². The molecule has 0 fully saturated rings. The molecule has 0 bridgehead atoms. The Morgan fingerprint density at radius 1 is 0.327 bits per heavy atom. The minimum Gasteiger partial charge on any atom is -0.312 e. The first-order valence-corrected chi connectivity index (χ1v) is 17.6. The van der Waals surface area contributed by atoms with E-state index in [1.807, 2.05) is 0 Å². The third-order valence-electron chi connectivity index (χ3n) is 12.8. The lowest BCUT2D eigenvalue weighted by Gasteiger charge is -2.53. The second kappa shape index (κ2) is 7.85. The summed E-state index contributed by atoms with van der Waals surface area (Å²) >= 11 is 0. The zero-order valence-electron chi connectivity index (χ0n) is 26.4. The average molecular weight is 612 g/mol. The SMILES string of the molecule is c1ccc2c(c1)B1c3ccccc3N3c4ccccc4B4c5c6c7c(c1c53)N2c1ccccc1B7c1cccc2cc3cccc4c3c-6c12. The van der Waals surface area contributed by atoms with Crippen LogP contribution in [0.1, 0.15) is 0 Å². The molecular weight excluding hydrogens is 589 g/mol. The van der Waals surface area contributed by atoms with Gasteiger partial charge in [-0.15, -0.1) is 0 Å². The van der Waals surface area contributed by atoms with Gasteiger partial charge in [0.2, 0.25) is 13.4 Å². The van der Waals surface area contributed by atoms with E-state index >= 15 is 0 Å². The summed E-state index contributed by atoms with van der Waals surface area (Å²) in [7, 11) is 0. The second-order valence-electron chi connectivity index (χ2n) is 14.7. The zero-order valence-corrected chi connectivity index (χ0v) is 26.4. The van der Waals surface area contributed by atoms with Crippen molar-refractivity contribution in [3.8, 4) is 11.1 Å². The zero-order chi connectivity index (χ0) is 31.3.